The van der Waals surface area contributed by atoms with Crippen LogP contribution in [0.2, 0.25) is 0 Å². The highest BCUT2D eigenvalue weighted by Gasteiger charge is 2.13. The SMILES string of the molecule is O=C(NCCNCc1ccccc1)C(F)F. The molecule has 0 unspecified atom stereocenters. The number of carbonyl (C=O) groups excluding carboxylic acids is 1. The van der Waals surface area contributed by atoms with Crippen molar-refractivity contribution >= 4 is 5.91 Å². The summed E-state index contributed by atoms with van der Waals surface area (Å²) in [6.45, 7) is 1.33. The van der Waals surface area contributed by atoms with E-state index in [-0.39, 0.29) is 6.54 Å². The van der Waals surface area contributed by atoms with Crippen molar-refractivity contribution in [3.05, 3.63) is 35.9 Å². The molecule has 1 aromatic rings. The molecule has 0 aromatic heterocycles. The summed E-state index contributed by atoms with van der Waals surface area (Å²) in [5.41, 5.74) is 1.11. The normalized spacial score (nSPS) is 10.4. The van der Waals surface area contributed by atoms with Gasteiger partial charge in [-0.3, -0.25) is 4.79 Å². The number of halogens is 2. The monoisotopic (exact) mass is 228 g/mol. The van der Waals surface area contributed by atoms with Crippen LogP contribution in [0.1, 0.15) is 5.56 Å². The van der Waals surface area contributed by atoms with Gasteiger partial charge in [0.05, 0.1) is 0 Å². The quantitative estimate of drug-likeness (QED) is 0.717. The van der Waals surface area contributed by atoms with E-state index in [0.29, 0.717) is 13.1 Å². The molecular formula is C11H14F2N2O. The highest BCUT2D eigenvalue weighted by molar-refractivity contribution is 5.78. The van der Waals surface area contributed by atoms with Crippen molar-refractivity contribution < 1.29 is 13.6 Å². The molecule has 0 aliphatic rings. The van der Waals surface area contributed by atoms with Crippen molar-refractivity contribution in [1.29, 1.82) is 0 Å². The number of nitrogens with one attached hydrogen (secondary N) is 2. The third-order valence-corrected chi connectivity index (χ3v) is 1.97. The maximum absolute atomic E-state index is 11.8. The van der Waals surface area contributed by atoms with Crippen LogP contribution >= 0.6 is 0 Å². The Morgan fingerprint density at radius 1 is 1.19 bits per heavy atom. The van der Waals surface area contributed by atoms with Crippen LogP contribution in [-0.4, -0.2) is 25.4 Å². The zero-order valence-electron chi connectivity index (χ0n) is 8.75. The largest absolute Gasteiger partial charge is 0.350 e. The molecule has 16 heavy (non-hydrogen) atoms. The van der Waals surface area contributed by atoms with Crippen molar-refractivity contribution in [2.24, 2.45) is 0 Å². The molecule has 1 rings (SSSR count). The fourth-order valence-electron chi connectivity index (χ4n) is 1.18. The standard InChI is InChI=1S/C11H14F2N2O/c12-10(13)11(16)15-7-6-14-8-9-4-2-1-3-5-9/h1-5,10,14H,6-8H2,(H,15,16). The van der Waals surface area contributed by atoms with Crippen molar-refractivity contribution in [3.63, 3.8) is 0 Å². The molecule has 0 bridgehead atoms. The summed E-state index contributed by atoms with van der Waals surface area (Å²) < 4.78 is 23.5. The first-order chi connectivity index (χ1) is 7.70. The molecule has 0 heterocycles. The molecule has 3 nitrogen and oxygen atoms in total. The van der Waals surface area contributed by atoms with Gasteiger partial charge in [0, 0.05) is 19.6 Å². The Balaban J connectivity index is 2.07. The minimum Gasteiger partial charge on any atom is -0.350 e. The summed E-state index contributed by atoms with van der Waals surface area (Å²) in [6, 6.07) is 9.70. The molecule has 2 N–H and O–H groups in total. The minimum atomic E-state index is -2.94. The summed E-state index contributed by atoms with van der Waals surface area (Å²) in [4.78, 5) is 10.5. The van der Waals surface area contributed by atoms with Crippen LogP contribution in [0.4, 0.5) is 8.78 Å². The van der Waals surface area contributed by atoms with E-state index in [4.69, 9.17) is 0 Å². The van der Waals surface area contributed by atoms with E-state index in [1.807, 2.05) is 30.3 Å². The lowest BCUT2D eigenvalue weighted by Crippen LogP contribution is -2.35. The number of amides is 1. The van der Waals surface area contributed by atoms with Crippen molar-refractivity contribution in [1.82, 2.24) is 10.6 Å². The summed E-state index contributed by atoms with van der Waals surface area (Å²) in [6.07, 6.45) is -2.94. The average Bonchev–Trinajstić information content (AvgIpc) is 2.29. The molecular weight excluding hydrogens is 214 g/mol. The lowest BCUT2D eigenvalue weighted by Gasteiger charge is -2.06. The minimum absolute atomic E-state index is 0.204. The fraction of sp³-hybridized carbons (Fsp3) is 0.364. The molecule has 0 fully saturated rings. The van der Waals surface area contributed by atoms with Crippen LogP contribution in [0.25, 0.3) is 0 Å². The van der Waals surface area contributed by atoms with Crippen LogP contribution in [0.15, 0.2) is 30.3 Å². The first-order valence-corrected chi connectivity index (χ1v) is 5.00. The van der Waals surface area contributed by atoms with E-state index in [0.717, 1.165) is 5.56 Å². The zero-order chi connectivity index (χ0) is 11.8. The van der Waals surface area contributed by atoms with Gasteiger partial charge in [-0.2, -0.15) is 8.78 Å². The smallest absolute Gasteiger partial charge is 0.315 e. The van der Waals surface area contributed by atoms with Gasteiger partial charge >= 0.3 is 6.43 Å². The lowest BCUT2D eigenvalue weighted by atomic mass is 10.2. The molecule has 88 valence electrons. The number of hydrogen-bond donors (Lipinski definition) is 2. The Bertz CT molecular complexity index is 317. The van der Waals surface area contributed by atoms with E-state index >= 15 is 0 Å². The highest BCUT2D eigenvalue weighted by Crippen LogP contribution is 1.96. The molecule has 0 saturated heterocycles. The average molecular weight is 228 g/mol. The molecule has 1 amide bonds. The van der Waals surface area contributed by atoms with Crippen molar-refractivity contribution in [2.45, 2.75) is 13.0 Å². The van der Waals surface area contributed by atoms with Crippen LogP contribution < -0.4 is 10.6 Å². The Kier molecular flexibility index (Phi) is 5.42. The van der Waals surface area contributed by atoms with Crippen LogP contribution in [-0.2, 0) is 11.3 Å². The maximum Gasteiger partial charge on any atom is 0.315 e. The molecule has 0 aliphatic heterocycles. The fourth-order valence-corrected chi connectivity index (χ4v) is 1.18. The molecule has 0 saturated carbocycles. The van der Waals surface area contributed by atoms with E-state index in [1.54, 1.807) is 0 Å². The third-order valence-electron chi connectivity index (χ3n) is 1.97. The predicted octanol–water partition coefficient (Wildman–Crippen LogP) is 1.16. The second-order valence-corrected chi connectivity index (χ2v) is 3.25. The van der Waals surface area contributed by atoms with Gasteiger partial charge in [-0.25, -0.2) is 0 Å². The van der Waals surface area contributed by atoms with Crippen molar-refractivity contribution in [2.75, 3.05) is 13.1 Å². The highest BCUT2D eigenvalue weighted by atomic mass is 19.3. The second-order valence-electron chi connectivity index (χ2n) is 3.25. The summed E-state index contributed by atoms with van der Waals surface area (Å²) in [5.74, 6) is -1.22. The summed E-state index contributed by atoms with van der Waals surface area (Å²) in [7, 11) is 0. The topological polar surface area (TPSA) is 41.1 Å². The summed E-state index contributed by atoms with van der Waals surface area (Å²) in [5, 5.41) is 5.15. The van der Waals surface area contributed by atoms with Crippen LogP contribution in [0, 0.1) is 0 Å². The van der Waals surface area contributed by atoms with Gasteiger partial charge in [0.15, 0.2) is 0 Å². The Morgan fingerprint density at radius 2 is 1.88 bits per heavy atom. The molecule has 1 aromatic carbocycles. The van der Waals surface area contributed by atoms with Gasteiger partial charge < -0.3 is 10.6 Å². The summed E-state index contributed by atoms with van der Waals surface area (Å²) >= 11 is 0. The number of benzene rings is 1. The van der Waals surface area contributed by atoms with Crippen molar-refractivity contribution in [3.8, 4) is 0 Å². The van der Waals surface area contributed by atoms with Gasteiger partial charge in [-0.1, -0.05) is 30.3 Å². The first kappa shape index (κ1) is 12.6. The predicted molar refractivity (Wildman–Crippen MR) is 57.2 cm³/mol. The number of alkyl halides is 2. The van der Waals surface area contributed by atoms with Crippen LogP contribution in [0.5, 0.6) is 0 Å². The number of rotatable bonds is 6. The first-order valence-electron chi connectivity index (χ1n) is 5.00. The van der Waals surface area contributed by atoms with Gasteiger partial charge in [0.25, 0.3) is 5.91 Å². The van der Waals surface area contributed by atoms with E-state index in [2.05, 4.69) is 10.6 Å². The van der Waals surface area contributed by atoms with Gasteiger partial charge in [0.1, 0.15) is 0 Å². The Hall–Kier alpha value is -1.49. The van der Waals surface area contributed by atoms with Gasteiger partial charge in [0.2, 0.25) is 0 Å². The Labute approximate surface area is 92.8 Å². The lowest BCUT2D eigenvalue weighted by molar-refractivity contribution is -0.131. The Morgan fingerprint density at radius 3 is 2.50 bits per heavy atom. The number of carbonyl (C=O) groups is 1. The number of hydrogen-bond acceptors (Lipinski definition) is 2. The molecule has 0 atom stereocenters. The molecule has 0 aliphatic carbocycles. The van der Waals surface area contributed by atoms with E-state index in [9.17, 15) is 13.6 Å². The maximum atomic E-state index is 11.8. The molecule has 0 spiro atoms. The van der Waals surface area contributed by atoms with Gasteiger partial charge in [-0.15, -0.1) is 0 Å². The van der Waals surface area contributed by atoms with Crippen LogP contribution in [0.3, 0.4) is 0 Å². The van der Waals surface area contributed by atoms with Gasteiger partial charge in [-0.05, 0) is 5.56 Å². The second kappa shape index (κ2) is 6.90. The third kappa shape index (κ3) is 4.84. The molecule has 5 heteroatoms. The van der Waals surface area contributed by atoms with E-state index in [1.165, 1.54) is 0 Å². The molecule has 0 radical (unpaired) electrons. The zero-order valence-corrected chi connectivity index (χ0v) is 8.75. The van der Waals surface area contributed by atoms with E-state index < -0.39 is 12.3 Å².